The van der Waals surface area contributed by atoms with Crippen molar-refractivity contribution in [2.24, 2.45) is 0 Å². The molecule has 3 aromatic rings. The summed E-state index contributed by atoms with van der Waals surface area (Å²) in [7, 11) is 0. The number of rotatable bonds is 4. The van der Waals surface area contributed by atoms with Crippen LogP contribution in [0, 0.1) is 0 Å². The fourth-order valence-electron chi connectivity index (χ4n) is 3.40. The zero-order chi connectivity index (χ0) is 20.2. The zero-order valence-electron chi connectivity index (χ0n) is 15.9. The number of imidazole rings is 1. The van der Waals surface area contributed by atoms with E-state index in [0.29, 0.717) is 48.6 Å². The van der Waals surface area contributed by atoms with Crippen LogP contribution in [0.25, 0.3) is 11.0 Å². The first-order valence-corrected chi connectivity index (χ1v) is 9.49. The number of aliphatic hydroxyl groups is 1. The Morgan fingerprint density at radius 1 is 1.00 bits per heavy atom. The van der Waals surface area contributed by atoms with Crippen LogP contribution < -0.4 is 0 Å². The summed E-state index contributed by atoms with van der Waals surface area (Å²) in [6.45, 7) is 1.69. The number of carbonyl (C=O) groups excluding carboxylic acids is 2. The third-order valence-corrected chi connectivity index (χ3v) is 4.97. The van der Waals surface area contributed by atoms with Crippen LogP contribution >= 0.6 is 0 Å². The van der Waals surface area contributed by atoms with Gasteiger partial charge in [0.2, 0.25) is 0 Å². The second-order valence-corrected chi connectivity index (χ2v) is 6.86. The Bertz CT molecular complexity index is 1010. The molecule has 29 heavy (non-hydrogen) atoms. The molecule has 2 aromatic carbocycles. The lowest BCUT2D eigenvalue weighted by molar-refractivity contribution is 0.0545. The lowest BCUT2D eigenvalue weighted by atomic mass is 10.1. The Hall–Kier alpha value is -3.39. The van der Waals surface area contributed by atoms with Crippen LogP contribution in [0.3, 0.4) is 0 Å². The van der Waals surface area contributed by atoms with Gasteiger partial charge in [-0.1, -0.05) is 36.4 Å². The highest BCUT2D eigenvalue weighted by Gasteiger charge is 2.27. The number of piperazine rings is 1. The van der Waals surface area contributed by atoms with Crippen molar-refractivity contribution < 1.29 is 19.4 Å². The molecule has 1 aromatic heterocycles. The molecule has 0 radical (unpaired) electrons. The normalized spacial score (nSPS) is 14.2. The van der Waals surface area contributed by atoms with E-state index in [2.05, 4.69) is 9.97 Å². The van der Waals surface area contributed by atoms with Crippen molar-refractivity contribution in [3.63, 3.8) is 0 Å². The van der Waals surface area contributed by atoms with Crippen molar-refractivity contribution in [2.45, 2.75) is 13.2 Å². The predicted octanol–water partition coefficient (Wildman–Crippen LogP) is 2.15. The molecule has 2 amide bonds. The average Bonchev–Trinajstić information content (AvgIpc) is 3.21. The third kappa shape index (κ3) is 4.07. The molecule has 1 aliphatic rings. The van der Waals surface area contributed by atoms with Gasteiger partial charge in [0.25, 0.3) is 5.91 Å². The Morgan fingerprint density at radius 3 is 2.45 bits per heavy atom. The standard InChI is InChI=1S/C21H22N4O4/c26-13-18-22-17-8-4-7-16(19(17)23-18)20(27)24-9-11-25(12-10-24)21(28)29-14-15-5-2-1-3-6-15/h1-8,26H,9-14H2,(H,22,23). The Labute approximate surface area is 167 Å². The molecule has 4 rings (SSSR count). The van der Waals surface area contributed by atoms with Gasteiger partial charge >= 0.3 is 6.09 Å². The van der Waals surface area contributed by atoms with Crippen LogP contribution in [-0.2, 0) is 18.0 Å². The van der Waals surface area contributed by atoms with E-state index in [0.717, 1.165) is 5.56 Å². The number of aromatic amines is 1. The molecule has 1 fully saturated rings. The summed E-state index contributed by atoms with van der Waals surface area (Å²) >= 11 is 0. The highest BCUT2D eigenvalue weighted by Crippen LogP contribution is 2.19. The lowest BCUT2D eigenvalue weighted by Gasteiger charge is -2.34. The van der Waals surface area contributed by atoms with Gasteiger partial charge in [-0.15, -0.1) is 0 Å². The Kier molecular flexibility index (Phi) is 5.44. The minimum absolute atomic E-state index is 0.135. The van der Waals surface area contributed by atoms with Crippen molar-refractivity contribution in [1.29, 1.82) is 0 Å². The number of H-pyrrole nitrogens is 1. The second kappa shape index (κ2) is 8.32. The van der Waals surface area contributed by atoms with E-state index < -0.39 is 0 Å². The molecule has 8 heteroatoms. The third-order valence-electron chi connectivity index (χ3n) is 4.97. The van der Waals surface area contributed by atoms with Crippen molar-refractivity contribution >= 4 is 23.0 Å². The van der Waals surface area contributed by atoms with Crippen molar-refractivity contribution in [3.8, 4) is 0 Å². The molecule has 0 unspecified atom stereocenters. The van der Waals surface area contributed by atoms with Crippen molar-refractivity contribution in [3.05, 3.63) is 65.5 Å². The number of benzene rings is 2. The number of hydrogen-bond acceptors (Lipinski definition) is 5. The SMILES string of the molecule is O=C(OCc1ccccc1)N1CCN(C(=O)c2cccc3[nH]c(CO)nc23)CC1. The summed E-state index contributed by atoms with van der Waals surface area (Å²) in [5.74, 6) is 0.287. The van der Waals surface area contributed by atoms with E-state index in [-0.39, 0.29) is 25.2 Å². The average molecular weight is 394 g/mol. The molecule has 0 saturated carbocycles. The smallest absolute Gasteiger partial charge is 0.410 e. The molecule has 2 N–H and O–H groups in total. The number of aliphatic hydroxyl groups excluding tert-OH is 1. The van der Waals surface area contributed by atoms with Crippen LogP contribution in [0.2, 0.25) is 0 Å². The first kappa shape index (κ1) is 18.9. The van der Waals surface area contributed by atoms with Crippen LogP contribution in [0.4, 0.5) is 4.79 Å². The van der Waals surface area contributed by atoms with Gasteiger partial charge in [0, 0.05) is 26.2 Å². The van der Waals surface area contributed by atoms with Crippen LogP contribution in [0.5, 0.6) is 0 Å². The molecule has 1 aliphatic heterocycles. The number of ether oxygens (including phenoxy) is 1. The van der Waals surface area contributed by atoms with E-state index >= 15 is 0 Å². The summed E-state index contributed by atoms with van der Waals surface area (Å²) in [5, 5.41) is 9.28. The fourth-order valence-corrected chi connectivity index (χ4v) is 3.40. The number of carbonyl (C=O) groups is 2. The van der Waals surface area contributed by atoms with E-state index in [9.17, 15) is 14.7 Å². The van der Waals surface area contributed by atoms with E-state index in [4.69, 9.17) is 4.74 Å². The van der Waals surface area contributed by atoms with E-state index in [1.54, 1.807) is 21.9 Å². The molecule has 0 bridgehead atoms. The van der Waals surface area contributed by atoms with Crippen LogP contribution in [-0.4, -0.2) is 63.1 Å². The number of amides is 2. The zero-order valence-corrected chi connectivity index (χ0v) is 15.9. The van der Waals surface area contributed by atoms with Crippen LogP contribution in [0.1, 0.15) is 21.7 Å². The summed E-state index contributed by atoms with van der Waals surface area (Å²) in [5.41, 5.74) is 2.68. The van der Waals surface area contributed by atoms with Gasteiger partial charge < -0.3 is 24.6 Å². The molecule has 0 atom stereocenters. The molecule has 1 saturated heterocycles. The first-order valence-electron chi connectivity index (χ1n) is 9.49. The van der Waals surface area contributed by atoms with Gasteiger partial charge in [-0.25, -0.2) is 9.78 Å². The van der Waals surface area contributed by atoms with Gasteiger partial charge in [0.1, 0.15) is 24.6 Å². The van der Waals surface area contributed by atoms with Gasteiger partial charge in [0.15, 0.2) is 0 Å². The maximum Gasteiger partial charge on any atom is 0.410 e. The highest BCUT2D eigenvalue weighted by atomic mass is 16.6. The number of nitrogens with zero attached hydrogens (tertiary/aromatic N) is 3. The van der Waals surface area contributed by atoms with Crippen LogP contribution in [0.15, 0.2) is 48.5 Å². The predicted molar refractivity (Wildman–Crippen MR) is 106 cm³/mol. The quantitative estimate of drug-likeness (QED) is 0.707. The van der Waals surface area contributed by atoms with Crippen molar-refractivity contribution in [2.75, 3.05) is 26.2 Å². The van der Waals surface area contributed by atoms with Crippen molar-refractivity contribution in [1.82, 2.24) is 19.8 Å². The molecular weight excluding hydrogens is 372 g/mol. The van der Waals surface area contributed by atoms with E-state index in [1.165, 1.54) is 0 Å². The maximum absolute atomic E-state index is 13.0. The van der Waals surface area contributed by atoms with Gasteiger partial charge in [-0.2, -0.15) is 0 Å². The molecule has 0 spiro atoms. The summed E-state index contributed by atoms with van der Waals surface area (Å²) < 4.78 is 5.37. The lowest BCUT2D eigenvalue weighted by Crippen LogP contribution is -2.50. The summed E-state index contributed by atoms with van der Waals surface area (Å²) in [6.07, 6.45) is -0.372. The number of aromatic nitrogens is 2. The molecule has 8 nitrogen and oxygen atoms in total. The fraction of sp³-hybridized carbons (Fsp3) is 0.286. The first-order chi connectivity index (χ1) is 14.2. The number of para-hydroxylation sites is 1. The van der Waals surface area contributed by atoms with Gasteiger partial charge in [-0.05, 0) is 17.7 Å². The van der Waals surface area contributed by atoms with E-state index in [1.807, 2.05) is 36.4 Å². The summed E-state index contributed by atoms with van der Waals surface area (Å²) in [4.78, 5) is 35.9. The Morgan fingerprint density at radius 2 is 1.72 bits per heavy atom. The summed E-state index contributed by atoms with van der Waals surface area (Å²) in [6, 6.07) is 14.9. The topological polar surface area (TPSA) is 98.8 Å². The van der Waals surface area contributed by atoms with Gasteiger partial charge in [0.05, 0.1) is 11.1 Å². The van der Waals surface area contributed by atoms with Gasteiger partial charge in [-0.3, -0.25) is 4.79 Å². The second-order valence-electron chi connectivity index (χ2n) is 6.86. The number of fused-ring (bicyclic) bond motifs is 1. The molecular formula is C21H22N4O4. The monoisotopic (exact) mass is 394 g/mol. The minimum Gasteiger partial charge on any atom is -0.445 e. The molecule has 0 aliphatic carbocycles. The Balaban J connectivity index is 1.36. The number of nitrogens with one attached hydrogen (secondary N) is 1. The molecule has 2 heterocycles. The maximum atomic E-state index is 13.0. The minimum atomic E-state index is -0.372. The number of hydrogen-bond donors (Lipinski definition) is 2. The largest absolute Gasteiger partial charge is 0.445 e. The highest BCUT2D eigenvalue weighted by molar-refractivity contribution is 6.05. The molecule has 150 valence electrons.